The molecule has 1 amide bonds. The van der Waals surface area contributed by atoms with E-state index in [-0.39, 0.29) is 6.54 Å². The molecule has 0 aliphatic heterocycles. The van der Waals surface area contributed by atoms with Crippen LogP contribution in [0.25, 0.3) is 5.65 Å². The van der Waals surface area contributed by atoms with Gasteiger partial charge in [0, 0.05) is 13.2 Å². The van der Waals surface area contributed by atoms with Crippen LogP contribution in [0.5, 0.6) is 0 Å². The number of imidazole rings is 1. The number of hydrogen-bond donors (Lipinski definition) is 1. The molecule has 0 spiro atoms. The van der Waals surface area contributed by atoms with E-state index in [0.717, 1.165) is 21.0 Å². The first-order chi connectivity index (χ1) is 12.6. The number of nitrogens with zero attached hydrogens (tertiary/aromatic N) is 3. The fourth-order valence-corrected chi connectivity index (χ4v) is 1.72. The number of fused-ring (bicyclic) bond motifs is 1. The van der Waals surface area contributed by atoms with Gasteiger partial charge in [0.2, 0.25) is 0 Å². The number of aromatic nitrogens is 3. The standard InChI is InChI=1S/C12H15ClN4O2.C5H9F3O/c1-12(2,3)19-11(18)14-6-9-7-17-10(16-9)4-8(13)5-15-17;1-4(2,9-3)5(6,7)8/h4-5,7H,6H2,1-3H3,(H,14,18);1-3H3. The summed E-state index contributed by atoms with van der Waals surface area (Å²) in [6.07, 6.45) is -1.50. The van der Waals surface area contributed by atoms with E-state index in [4.69, 9.17) is 16.3 Å². The van der Waals surface area contributed by atoms with Crippen molar-refractivity contribution in [2.45, 2.75) is 58.5 Å². The van der Waals surface area contributed by atoms with Gasteiger partial charge in [-0.05, 0) is 34.6 Å². The van der Waals surface area contributed by atoms with E-state index in [1.54, 1.807) is 16.8 Å². The molecule has 0 bridgehead atoms. The molecule has 0 aromatic carbocycles. The zero-order chi connectivity index (χ0) is 21.8. The highest BCUT2D eigenvalue weighted by atomic mass is 35.5. The topological polar surface area (TPSA) is 77.8 Å². The maximum Gasteiger partial charge on any atom is 0.416 e. The highest BCUT2D eigenvalue weighted by Gasteiger charge is 2.47. The van der Waals surface area contributed by atoms with E-state index < -0.39 is 23.5 Å². The van der Waals surface area contributed by atoms with Crippen molar-refractivity contribution >= 4 is 23.3 Å². The number of alkyl carbamates (subject to hydrolysis) is 1. The van der Waals surface area contributed by atoms with Crippen molar-refractivity contribution in [3.05, 3.63) is 29.2 Å². The summed E-state index contributed by atoms with van der Waals surface area (Å²) in [7, 11) is 1.04. The summed E-state index contributed by atoms with van der Waals surface area (Å²) < 4.78 is 46.0. The minimum atomic E-state index is -4.28. The van der Waals surface area contributed by atoms with E-state index in [0.29, 0.717) is 16.4 Å². The molecule has 11 heteroatoms. The molecule has 2 heterocycles. The molecule has 7 nitrogen and oxygen atoms in total. The smallest absolute Gasteiger partial charge is 0.416 e. The fourth-order valence-electron chi connectivity index (χ4n) is 1.58. The van der Waals surface area contributed by atoms with Gasteiger partial charge in [0.25, 0.3) is 0 Å². The number of alkyl halides is 3. The van der Waals surface area contributed by atoms with Crippen molar-refractivity contribution in [1.82, 2.24) is 19.9 Å². The monoisotopic (exact) mass is 424 g/mol. The summed E-state index contributed by atoms with van der Waals surface area (Å²) in [5.41, 5.74) is -1.22. The first-order valence-electron chi connectivity index (χ1n) is 8.23. The summed E-state index contributed by atoms with van der Waals surface area (Å²) in [4.78, 5) is 15.8. The van der Waals surface area contributed by atoms with Crippen molar-refractivity contribution < 1.29 is 27.4 Å². The van der Waals surface area contributed by atoms with E-state index >= 15 is 0 Å². The minimum absolute atomic E-state index is 0.274. The molecular weight excluding hydrogens is 401 g/mol. The van der Waals surface area contributed by atoms with Crippen molar-refractivity contribution in [3.8, 4) is 0 Å². The Bertz CT molecular complexity index is 801. The Kier molecular flexibility index (Phi) is 7.66. The number of nitrogens with one attached hydrogen (secondary N) is 1. The largest absolute Gasteiger partial charge is 0.444 e. The van der Waals surface area contributed by atoms with Crippen LogP contribution < -0.4 is 5.32 Å². The second kappa shape index (κ2) is 8.95. The number of carbonyl (C=O) groups excluding carboxylic acids is 1. The molecule has 0 radical (unpaired) electrons. The molecule has 0 fully saturated rings. The minimum Gasteiger partial charge on any atom is -0.444 e. The average molecular weight is 425 g/mol. The van der Waals surface area contributed by atoms with E-state index in [1.165, 1.54) is 6.20 Å². The first-order valence-corrected chi connectivity index (χ1v) is 8.61. The second-order valence-corrected chi connectivity index (χ2v) is 7.71. The molecule has 0 atom stereocenters. The molecule has 158 valence electrons. The van der Waals surface area contributed by atoms with Gasteiger partial charge in [-0.1, -0.05) is 11.6 Å². The van der Waals surface area contributed by atoms with Gasteiger partial charge in [0.05, 0.1) is 29.7 Å². The normalized spacial score (nSPS) is 12.4. The SMILES string of the molecule is CC(C)(C)OC(=O)NCc1cn2ncc(Cl)cc2n1.COC(C)(C)C(F)(F)F. The summed E-state index contributed by atoms with van der Waals surface area (Å²) in [5, 5.41) is 7.22. The van der Waals surface area contributed by atoms with Crippen LogP contribution in [0.4, 0.5) is 18.0 Å². The number of methoxy groups -OCH3 is 1. The molecule has 1 N–H and O–H groups in total. The number of ether oxygens (including phenoxy) is 2. The predicted molar refractivity (Wildman–Crippen MR) is 98.2 cm³/mol. The van der Waals surface area contributed by atoms with Gasteiger partial charge in [-0.2, -0.15) is 18.3 Å². The first kappa shape index (κ1) is 24.0. The van der Waals surface area contributed by atoms with Crippen LogP contribution in [-0.4, -0.2) is 45.2 Å². The fraction of sp³-hybridized carbons (Fsp3) is 0.588. The van der Waals surface area contributed by atoms with Crippen LogP contribution in [-0.2, 0) is 16.0 Å². The van der Waals surface area contributed by atoms with E-state index in [9.17, 15) is 18.0 Å². The Morgan fingerprint density at radius 1 is 1.25 bits per heavy atom. The van der Waals surface area contributed by atoms with Crippen LogP contribution in [0.2, 0.25) is 5.02 Å². The number of amides is 1. The molecular formula is C17H24ClF3N4O3. The Hall–Kier alpha value is -2.07. The summed E-state index contributed by atoms with van der Waals surface area (Å²) in [6, 6.07) is 1.70. The average Bonchev–Trinajstić information content (AvgIpc) is 2.93. The van der Waals surface area contributed by atoms with E-state index in [1.807, 2.05) is 20.8 Å². The summed E-state index contributed by atoms with van der Waals surface area (Å²) >= 11 is 5.82. The van der Waals surface area contributed by atoms with Gasteiger partial charge in [-0.15, -0.1) is 0 Å². The molecule has 0 aliphatic rings. The molecule has 0 aliphatic carbocycles. The van der Waals surface area contributed by atoms with Crippen LogP contribution in [0, 0.1) is 0 Å². The van der Waals surface area contributed by atoms with Gasteiger partial charge >= 0.3 is 12.3 Å². The predicted octanol–water partition coefficient (Wildman–Crippen LogP) is 4.38. The number of halogens is 4. The van der Waals surface area contributed by atoms with Crippen molar-refractivity contribution in [1.29, 1.82) is 0 Å². The number of carbonyl (C=O) groups is 1. The maximum atomic E-state index is 11.7. The Morgan fingerprint density at radius 2 is 1.86 bits per heavy atom. The lowest BCUT2D eigenvalue weighted by Crippen LogP contribution is -2.40. The molecule has 0 unspecified atom stereocenters. The molecule has 2 rings (SSSR count). The second-order valence-electron chi connectivity index (χ2n) is 7.28. The third-order valence-corrected chi connectivity index (χ3v) is 3.55. The van der Waals surface area contributed by atoms with Gasteiger partial charge in [-0.25, -0.2) is 14.3 Å². The molecule has 0 saturated heterocycles. The molecule has 2 aromatic rings. The van der Waals surface area contributed by atoms with E-state index in [2.05, 4.69) is 20.1 Å². The highest BCUT2D eigenvalue weighted by Crippen LogP contribution is 2.31. The quantitative estimate of drug-likeness (QED) is 0.791. The Labute approximate surface area is 166 Å². The third-order valence-electron chi connectivity index (χ3n) is 3.34. The summed E-state index contributed by atoms with van der Waals surface area (Å²) in [5.74, 6) is 0. The van der Waals surface area contributed by atoms with Gasteiger partial charge in [0.15, 0.2) is 11.2 Å². The lowest BCUT2D eigenvalue weighted by Gasteiger charge is -2.25. The lowest BCUT2D eigenvalue weighted by atomic mass is 10.1. The molecule has 2 aromatic heterocycles. The Morgan fingerprint density at radius 3 is 2.32 bits per heavy atom. The molecule has 0 saturated carbocycles. The van der Waals surface area contributed by atoms with Gasteiger partial charge < -0.3 is 14.8 Å². The lowest BCUT2D eigenvalue weighted by molar-refractivity contribution is -0.255. The number of hydrogen-bond acceptors (Lipinski definition) is 5. The third kappa shape index (κ3) is 7.51. The van der Waals surface area contributed by atoms with Crippen molar-refractivity contribution in [3.63, 3.8) is 0 Å². The maximum absolute atomic E-state index is 11.7. The van der Waals surface area contributed by atoms with Gasteiger partial charge in [-0.3, -0.25) is 0 Å². The zero-order valence-corrected chi connectivity index (χ0v) is 17.3. The zero-order valence-electron chi connectivity index (χ0n) is 16.5. The highest BCUT2D eigenvalue weighted by molar-refractivity contribution is 6.30. The van der Waals surface area contributed by atoms with Crippen molar-refractivity contribution in [2.75, 3.05) is 7.11 Å². The van der Waals surface area contributed by atoms with Crippen LogP contribution in [0.1, 0.15) is 40.3 Å². The van der Waals surface area contributed by atoms with Crippen LogP contribution in [0.3, 0.4) is 0 Å². The van der Waals surface area contributed by atoms with Crippen molar-refractivity contribution in [2.24, 2.45) is 0 Å². The number of rotatable bonds is 3. The van der Waals surface area contributed by atoms with Gasteiger partial charge in [0.1, 0.15) is 5.60 Å². The summed E-state index contributed by atoms with van der Waals surface area (Å²) in [6.45, 7) is 7.66. The molecule has 28 heavy (non-hydrogen) atoms. The Balaban J connectivity index is 0.000000370. The van der Waals surface area contributed by atoms with Crippen LogP contribution >= 0.6 is 11.6 Å². The van der Waals surface area contributed by atoms with Crippen LogP contribution in [0.15, 0.2) is 18.5 Å².